The Morgan fingerprint density at radius 1 is 0.521 bits per heavy atom. The Morgan fingerprint density at radius 2 is 0.863 bits per heavy atom. The van der Waals surface area contributed by atoms with E-state index < -0.39 is 20.7 Å². The predicted octanol–water partition coefficient (Wildman–Crippen LogP) is 12.5. The fourth-order valence-electron chi connectivity index (χ4n) is 8.98. The van der Waals surface area contributed by atoms with E-state index in [1.54, 1.807) is 86.0 Å². The Labute approximate surface area is 429 Å². The number of hydrogen-bond acceptors (Lipinski definition) is 10. The highest BCUT2D eigenvalue weighted by molar-refractivity contribution is 9.10. The summed E-state index contributed by atoms with van der Waals surface area (Å²) in [6, 6.07) is 36.8. The van der Waals surface area contributed by atoms with Crippen molar-refractivity contribution in [3.8, 4) is 23.0 Å². The number of rotatable bonds is 17. The maximum atomic E-state index is 13.2. The molecule has 2 aliphatic rings. The highest BCUT2D eigenvalue weighted by atomic mass is 79.9. The molecule has 2 saturated carbocycles. The maximum absolute atomic E-state index is 13.2. The zero-order chi connectivity index (χ0) is 51.7. The summed E-state index contributed by atoms with van der Waals surface area (Å²) in [4.78, 5) is 60.9. The number of halogens is 3. The average Bonchev–Trinajstić information content (AvgIpc) is 4.31. The van der Waals surface area contributed by atoms with Gasteiger partial charge in [0.25, 0.3) is 0 Å². The van der Waals surface area contributed by atoms with Crippen LogP contribution in [0.25, 0.3) is 21.8 Å². The van der Waals surface area contributed by atoms with Gasteiger partial charge in [-0.15, -0.1) is 0 Å². The van der Waals surface area contributed by atoms with Gasteiger partial charge in [-0.2, -0.15) is 0 Å². The molecule has 0 spiro atoms. The van der Waals surface area contributed by atoms with Crippen molar-refractivity contribution < 1.29 is 45.9 Å². The Hall–Kier alpha value is -7.29. The Kier molecular flexibility index (Phi) is 14.3. The SMILES string of the molecule is Cc1cc2nccc(Oc3ccc(CC(=O)C4(C(=O)Cc5ccc(F)cc5)CC4)cc3)c2cc1Br.Cc1cc2nccc(Oc3ccc(CC(=O)C4(C(=O)Cc5ccc(F)cc5)CC4)cc3)c2cc1S(C)(=O)=O. The van der Waals surface area contributed by atoms with Crippen molar-refractivity contribution in [1.29, 1.82) is 0 Å². The molecule has 0 N–H and O–H groups in total. The van der Waals surface area contributed by atoms with Gasteiger partial charge in [0.15, 0.2) is 33.0 Å². The first-order chi connectivity index (χ1) is 34.9. The summed E-state index contributed by atoms with van der Waals surface area (Å²) in [5.74, 6) is 1.25. The molecule has 0 aliphatic heterocycles. The monoisotopic (exact) mass is 1060 g/mol. The molecular formula is C59H49BrF2N2O8S. The number of carbonyl (C=O) groups excluding carboxylic acids is 4. The molecule has 10 rings (SSSR count). The molecule has 2 aliphatic carbocycles. The fourth-order valence-corrected chi connectivity index (χ4v) is 10.3. The van der Waals surface area contributed by atoms with Gasteiger partial charge in [0.2, 0.25) is 0 Å². The summed E-state index contributed by atoms with van der Waals surface area (Å²) in [5, 5.41) is 1.48. The number of aryl methyl sites for hydroxylation is 2. The number of ether oxygens (including phenoxy) is 2. The van der Waals surface area contributed by atoms with Crippen LogP contribution in [0.4, 0.5) is 8.78 Å². The lowest BCUT2D eigenvalue weighted by Crippen LogP contribution is -2.28. The lowest BCUT2D eigenvalue weighted by molar-refractivity contribution is -0.135. The molecule has 0 saturated heterocycles. The first-order valence-electron chi connectivity index (χ1n) is 23.7. The molecule has 0 amide bonds. The minimum Gasteiger partial charge on any atom is -0.457 e. The minimum absolute atomic E-state index is 0.0568. The van der Waals surface area contributed by atoms with E-state index in [0.717, 1.165) is 37.6 Å². The standard InChI is InChI=1S/C30H26FNO5S.C29H23BrFNO3/c1-19-15-25-24(18-27(19)38(2,35)36)26(11-14-32-25)37-23-9-5-21(6-10-23)17-29(34)30(12-13-30)28(33)16-20-3-7-22(31)8-4-20;1-18-14-25-23(17-24(18)30)26(10-13-32-25)35-22-8-4-20(5-9-22)16-28(34)29(11-12-29)27(33)15-19-2-6-21(31)7-3-19/h3-11,14-15,18H,12-13,16-17H2,1-2H3;2-10,13-14,17H,11-12,15-16H2,1H3. The van der Waals surface area contributed by atoms with Crippen LogP contribution in [0.15, 0.2) is 155 Å². The molecule has 10 nitrogen and oxygen atoms in total. The second kappa shape index (κ2) is 20.7. The van der Waals surface area contributed by atoms with E-state index in [2.05, 4.69) is 25.9 Å². The largest absolute Gasteiger partial charge is 0.457 e. The summed E-state index contributed by atoms with van der Waals surface area (Å²) >= 11 is 3.57. The number of pyridine rings is 2. The van der Waals surface area contributed by atoms with Crippen LogP contribution in [0.5, 0.6) is 23.0 Å². The second-order valence-corrected chi connectivity index (χ2v) is 21.8. The van der Waals surface area contributed by atoms with Crippen molar-refractivity contribution in [2.24, 2.45) is 10.8 Å². The minimum atomic E-state index is -3.42. The molecule has 0 radical (unpaired) electrons. The van der Waals surface area contributed by atoms with Crippen LogP contribution < -0.4 is 9.47 Å². The lowest BCUT2D eigenvalue weighted by atomic mass is 9.88. The molecule has 370 valence electrons. The zero-order valence-corrected chi connectivity index (χ0v) is 42.6. The zero-order valence-electron chi connectivity index (χ0n) is 40.2. The molecule has 14 heteroatoms. The van der Waals surface area contributed by atoms with Crippen LogP contribution in [0.3, 0.4) is 0 Å². The molecule has 8 aromatic rings. The number of nitrogens with zero attached hydrogens (tertiary/aromatic N) is 2. The smallest absolute Gasteiger partial charge is 0.175 e. The molecule has 0 unspecified atom stereocenters. The maximum Gasteiger partial charge on any atom is 0.175 e. The Balaban J connectivity index is 0.000000180. The van der Waals surface area contributed by atoms with Crippen LogP contribution >= 0.6 is 15.9 Å². The van der Waals surface area contributed by atoms with E-state index in [9.17, 15) is 36.4 Å². The highest BCUT2D eigenvalue weighted by Gasteiger charge is 2.55. The van der Waals surface area contributed by atoms with Gasteiger partial charge in [0.1, 0.15) is 34.6 Å². The van der Waals surface area contributed by atoms with Gasteiger partial charge in [0, 0.05) is 59.6 Å². The summed E-state index contributed by atoms with van der Waals surface area (Å²) < 4.78 is 63.8. The van der Waals surface area contributed by atoms with Gasteiger partial charge in [-0.3, -0.25) is 29.1 Å². The van der Waals surface area contributed by atoms with Crippen molar-refractivity contribution in [1.82, 2.24) is 9.97 Å². The molecule has 0 atom stereocenters. The molecule has 73 heavy (non-hydrogen) atoms. The van der Waals surface area contributed by atoms with Crippen molar-refractivity contribution in [3.05, 3.63) is 195 Å². The quantitative estimate of drug-likeness (QED) is 0.0807. The van der Waals surface area contributed by atoms with Crippen molar-refractivity contribution in [2.45, 2.75) is 70.1 Å². The third kappa shape index (κ3) is 11.5. The number of sulfone groups is 1. The van der Waals surface area contributed by atoms with E-state index in [1.165, 1.54) is 30.5 Å². The molecule has 2 aromatic heterocycles. The van der Waals surface area contributed by atoms with Gasteiger partial charge in [-0.1, -0.05) is 64.5 Å². The first-order valence-corrected chi connectivity index (χ1v) is 26.4. The van der Waals surface area contributed by atoms with Gasteiger partial charge < -0.3 is 9.47 Å². The van der Waals surface area contributed by atoms with Crippen LogP contribution in [0.2, 0.25) is 0 Å². The van der Waals surface area contributed by atoms with Gasteiger partial charge in [0.05, 0.1) is 26.8 Å². The van der Waals surface area contributed by atoms with Crippen molar-refractivity contribution in [3.63, 3.8) is 0 Å². The predicted molar refractivity (Wildman–Crippen MR) is 278 cm³/mol. The first kappa shape index (κ1) is 50.6. The van der Waals surface area contributed by atoms with E-state index in [0.29, 0.717) is 70.7 Å². The van der Waals surface area contributed by atoms with Crippen LogP contribution in [0.1, 0.15) is 59.1 Å². The van der Waals surface area contributed by atoms with Crippen molar-refractivity contribution >= 4 is 70.7 Å². The molecule has 2 heterocycles. The third-order valence-corrected chi connectivity index (χ3v) is 15.7. The summed E-state index contributed by atoms with van der Waals surface area (Å²) in [6.07, 6.45) is 7.30. The van der Waals surface area contributed by atoms with Crippen molar-refractivity contribution in [2.75, 3.05) is 6.26 Å². The Morgan fingerprint density at radius 3 is 1.22 bits per heavy atom. The van der Waals surface area contributed by atoms with E-state index in [4.69, 9.17) is 9.47 Å². The third-order valence-electron chi connectivity index (χ3n) is 13.6. The fraction of sp³-hybridized carbons (Fsp3) is 0.220. The van der Waals surface area contributed by atoms with E-state index in [-0.39, 0.29) is 65.3 Å². The van der Waals surface area contributed by atoms with Gasteiger partial charge in [-0.05, 0) is 158 Å². The van der Waals surface area contributed by atoms with E-state index in [1.807, 2.05) is 49.4 Å². The van der Waals surface area contributed by atoms with Crippen LogP contribution in [-0.4, -0.2) is 47.8 Å². The normalized spacial score (nSPS) is 14.2. The second-order valence-electron chi connectivity index (χ2n) is 19.0. The summed E-state index contributed by atoms with van der Waals surface area (Å²) in [5.41, 5.74) is 4.35. The Bertz CT molecular complexity index is 3560. The van der Waals surface area contributed by atoms with Crippen LogP contribution in [-0.2, 0) is 54.7 Å². The number of ketones is 4. The number of carbonyl (C=O) groups is 4. The number of benzene rings is 6. The average molecular weight is 1060 g/mol. The summed E-state index contributed by atoms with van der Waals surface area (Å²) in [6.45, 7) is 3.74. The molecule has 0 bridgehead atoms. The number of aromatic nitrogens is 2. The summed E-state index contributed by atoms with van der Waals surface area (Å²) in [7, 11) is -3.42. The number of hydrogen-bond donors (Lipinski definition) is 0. The highest BCUT2D eigenvalue weighted by Crippen LogP contribution is 2.50. The lowest BCUT2D eigenvalue weighted by Gasteiger charge is -2.14. The molecule has 6 aromatic carbocycles. The van der Waals surface area contributed by atoms with Crippen LogP contribution in [0, 0.1) is 36.3 Å². The number of fused-ring (bicyclic) bond motifs is 2. The molecule has 2 fully saturated rings. The number of Topliss-reactive ketones (excluding diaryl/α,β-unsaturated/α-hetero) is 4. The topological polar surface area (TPSA) is 147 Å². The van der Waals surface area contributed by atoms with Gasteiger partial charge in [-0.25, -0.2) is 17.2 Å². The van der Waals surface area contributed by atoms with Gasteiger partial charge >= 0.3 is 0 Å². The van der Waals surface area contributed by atoms with E-state index >= 15 is 0 Å². The molecular weight excluding hydrogens is 1010 g/mol.